The zero-order chi connectivity index (χ0) is 18.2. The van der Waals surface area contributed by atoms with Crippen molar-refractivity contribution < 1.29 is 9.53 Å². The van der Waals surface area contributed by atoms with Crippen LogP contribution in [0.3, 0.4) is 0 Å². The molecule has 1 aliphatic carbocycles. The van der Waals surface area contributed by atoms with Crippen molar-refractivity contribution in [2.45, 2.75) is 70.6 Å². The number of unbranched alkanes of at least 4 members (excludes halogenated alkanes) is 3. The standard InChI is InChI=1S/C22H30O2S/c1-5-6-7-8-9-19-14-16(2)17(3)15-21(19)25-20-12-10-18(11-13-20)22(23)24-4/h10-13H,5-9,14-15H2,1-4H3. The van der Waals surface area contributed by atoms with Crippen molar-refractivity contribution in [3.63, 3.8) is 0 Å². The molecule has 1 aromatic carbocycles. The first-order valence-corrected chi connectivity index (χ1v) is 10.1. The SMILES string of the molecule is CCCCCCC1=C(Sc2ccc(C(=O)OC)cc2)CC(C)=C(C)C1. The first kappa shape index (κ1) is 19.8. The van der Waals surface area contributed by atoms with Gasteiger partial charge in [-0.3, -0.25) is 0 Å². The highest BCUT2D eigenvalue weighted by Gasteiger charge is 2.17. The highest BCUT2D eigenvalue weighted by molar-refractivity contribution is 8.03. The summed E-state index contributed by atoms with van der Waals surface area (Å²) in [4.78, 5) is 14.3. The van der Waals surface area contributed by atoms with Crippen LogP contribution in [0.25, 0.3) is 0 Å². The number of rotatable bonds is 8. The summed E-state index contributed by atoms with van der Waals surface area (Å²) in [5.41, 5.74) is 5.26. The molecule has 1 aromatic rings. The Morgan fingerprint density at radius 2 is 1.72 bits per heavy atom. The summed E-state index contributed by atoms with van der Waals surface area (Å²) in [5, 5.41) is 0. The maximum Gasteiger partial charge on any atom is 0.337 e. The van der Waals surface area contributed by atoms with Gasteiger partial charge >= 0.3 is 5.97 Å². The van der Waals surface area contributed by atoms with Crippen molar-refractivity contribution in [3.05, 3.63) is 51.5 Å². The van der Waals surface area contributed by atoms with Gasteiger partial charge < -0.3 is 4.74 Å². The van der Waals surface area contributed by atoms with Crippen molar-refractivity contribution in [1.82, 2.24) is 0 Å². The average Bonchev–Trinajstić information content (AvgIpc) is 2.62. The molecule has 0 heterocycles. The molecule has 0 spiro atoms. The number of esters is 1. The molecule has 0 saturated carbocycles. The lowest BCUT2D eigenvalue weighted by molar-refractivity contribution is 0.0600. The van der Waals surface area contributed by atoms with Crippen LogP contribution in [0.4, 0.5) is 0 Å². The molecule has 0 aromatic heterocycles. The fourth-order valence-corrected chi connectivity index (χ4v) is 4.27. The van der Waals surface area contributed by atoms with Gasteiger partial charge in [0.25, 0.3) is 0 Å². The minimum atomic E-state index is -0.278. The van der Waals surface area contributed by atoms with Gasteiger partial charge in [-0.05, 0) is 68.7 Å². The zero-order valence-corrected chi connectivity index (χ0v) is 16.8. The van der Waals surface area contributed by atoms with Crippen LogP contribution in [0.5, 0.6) is 0 Å². The maximum atomic E-state index is 11.6. The van der Waals surface area contributed by atoms with Gasteiger partial charge in [-0.1, -0.05) is 54.7 Å². The van der Waals surface area contributed by atoms with Gasteiger partial charge in [-0.15, -0.1) is 0 Å². The minimum Gasteiger partial charge on any atom is -0.465 e. The summed E-state index contributed by atoms with van der Waals surface area (Å²) in [6.45, 7) is 6.79. The molecule has 25 heavy (non-hydrogen) atoms. The maximum absolute atomic E-state index is 11.6. The summed E-state index contributed by atoms with van der Waals surface area (Å²) in [6.07, 6.45) is 8.64. The second-order valence-electron chi connectivity index (χ2n) is 6.87. The first-order valence-electron chi connectivity index (χ1n) is 9.27. The lowest BCUT2D eigenvalue weighted by Gasteiger charge is -2.23. The second kappa shape index (κ2) is 9.86. The van der Waals surface area contributed by atoms with E-state index in [1.165, 1.54) is 60.2 Å². The number of allylic oxidation sites excluding steroid dienone is 4. The molecule has 2 rings (SSSR count). The van der Waals surface area contributed by atoms with Gasteiger partial charge in [0.1, 0.15) is 0 Å². The molecule has 1 aliphatic rings. The predicted octanol–water partition coefficient (Wildman–Crippen LogP) is 6.92. The van der Waals surface area contributed by atoms with Crippen LogP contribution in [-0.4, -0.2) is 13.1 Å². The van der Waals surface area contributed by atoms with E-state index in [4.69, 9.17) is 4.74 Å². The van der Waals surface area contributed by atoms with E-state index in [0.717, 1.165) is 12.8 Å². The Hall–Kier alpha value is -1.48. The van der Waals surface area contributed by atoms with E-state index < -0.39 is 0 Å². The summed E-state index contributed by atoms with van der Waals surface area (Å²) in [6, 6.07) is 7.76. The Kier molecular flexibility index (Phi) is 7.83. The molecule has 0 fully saturated rings. The molecule has 0 amide bonds. The first-order chi connectivity index (χ1) is 12.0. The molecule has 0 bridgehead atoms. The molecular weight excluding hydrogens is 328 g/mol. The van der Waals surface area contributed by atoms with E-state index in [0.29, 0.717) is 5.56 Å². The van der Waals surface area contributed by atoms with Crippen LogP contribution in [0, 0.1) is 0 Å². The third-order valence-electron chi connectivity index (χ3n) is 4.88. The third-order valence-corrected chi connectivity index (χ3v) is 6.06. The summed E-state index contributed by atoms with van der Waals surface area (Å²) >= 11 is 1.86. The number of carbonyl (C=O) groups is 1. The monoisotopic (exact) mass is 358 g/mol. The van der Waals surface area contributed by atoms with Gasteiger partial charge in [0.15, 0.2) is 0 Å². The number of ether oxygens (including phenoxy) is 1. The molecule has 2 nitrogen and oxygen atoms in total. The van der Waals surface area contributed by atoms with Crippen LogP contribution >= 0.6 is 11.8 Å². The van der Waals surface area contributed by atoms with E-state index in [1.54, 1.807) is 5.57 Å². The minimum absolute atomic E-state index is 0.278. The number of hydrogen-bond acceptors (Lipinski definition) is 3. The second-order valence-corrected chi connectivity index (χ2v) is 8.04. The normalized spacial score (nSPS) is 14.9. The van der Waals surface area contributed by atoms with Crippen LogP contribution in [0.2, 0.25) is 0 Å². The Labute approximate surface area is 156 Å². The van der Waals surface area contributed by atoms with E-state index in [9.17, 15) is 4.79 Å². The Balaban J connectivity index is 2.09. The zero-order valence-electron chi connectivity index (χ0n) is 16.0. The summed E-state index contributed by atoms with van der Waals surface area (Å²) < 4.78 is 4.77. The van der Waals surface area contributed by atoms with Crippen LogP contribution in [0.1, 0.15) is 76.1 Å². The Morgan fingerprint density at radius 3 is 2.36 bits per heavy atom. The number of methoxy groups -OCH3 is 1. The van der Waals surface area contributed by atoms with Crippen LogP contribution in [0.15, 0.2) is 50.8 Å². The Morgan fingerprint density at radius 1 is 1.04 bits per heavy atom. The largest absolute Gasteiger partial charge is 0.465 e. The fraction of sp³-hybridized carbons (Fsp3) is 0.500. The van der Waals surface area contributed by atoms with Crippen LogP contribution < -0.4 is 0 Å². The highest BCUT2D eigenvalue weighted by atomic mass is 32.2. The van der Waals surface area contributed by atoms with Crippen molar-refractivity contribution in [3.8, 4) is 0 Å². The number of carbonyl (C=O) groups excluding carboxylic acids is 1. The third kappa shape index (κ3) is 5.78. The van der Waals surface area contributed by atoms with Gasteiger partial charge in [0.2, 0.25) is 0 Å². The van der Waals surface area contributed by atoms with E-state index in [1.807, 2.05) is 36.0 Å². The molecule has 136 valence electrons. The lowest BCUT2D eigenvalue weighted by Crippen LogP contribution is -2.02. The Bertz CT molecular complexity index is 653. The highest BCUT2D eigenvalue weighted by Crippen LogP contribution is 2.41. The van der Waals surface area contributed by atoms with Crippen molar-refractivity contribution in [2.75, 3.05) is 7.11 Å². The predicted molar refractivity (Wildman–Crippen MR) is 107 cm³/mol. The van der Waals surface area contributed by atoms with E-state index >= 15 is 0 Å². The molecule has 3 heteroatoms. The number of hydrogen-bond donors (Lipinski definition) is 0. The molecule has 0 aliphatic heterocycles. The summed E-state index contributed by atoms with van der Waals surface area (Å²) in [7, 11) is 1.42. The van der Waals surface area contributed by atoms with Gasteiger partial charge in [0, 0.05) is 4.90 Å². The molecule has 0 atom stereocenters. The van der Waals surface area contributed by atoms with Crippen LogP contribution in [-0.2, 0) is 4.74 Å². The molecule has 0 radical (unpaired) electrons. The van der Waals surface area contributed by atoms with Crippen molar-refractivity contribution >= 4 is 17.7 Å². The van der Waals surface area contributed by atoms with Gasteiger partial charge in [0.05, 0.1) is 12.7 Å². The smallest absolute Gasteiger partial charge is 0.337 e. The molecule has 0 unspecified atom stereocenters. The van der Waals surface area contributed by atoms with Gasteiger partial charge in [-0.2, -0.15) is 0 Å². The summed E-state index contributed by atoms with van der Waals surface area (Å²) in [5.74, 6) is -0.278. The quantitative estimate of drug-likeness (QED) is 0.286. The number of benzene rings is 1. The topological polar surface area (TPSA) is 26.3 Å². The molecule has 0 N–H and O–H groups in total. The van der Waals surface area contributed by atoms with Crippen molar-refractivity contribution in [2.24, 2.45) is 0 Å². The molecule has 0 saturated heterocycles. The number of thioether (sulfide) groups is 1. The van der Waals surface area contributed by atoms with Gasteiger partial charge in [-0.25, -0.2) is 4.79 Å². The fourth-order valence-electron chi connectivity index (χ4n) is 3.11. The van der Waals surface area contributed by atoms with E-state index in [2.05, 4.69) is 20.8 Å². The van der Waals surface area contributed by atoms with Crippen molar-refractivity contribution in [1.29, 1.82) is 0 Å². The average molecular weight is 359 g/mol. The lowest BCUT2D eigenvalue weighted by atomic mass is 9.90. The van der Waals surface area contributed by atoms with E-state index in [-0.39, 0.29) is 5.97 Å². The molecular formula is C22H30O2S.